The first kappa shape index (κ1) is 65.9. The third-order valence-corrected chi connectivity index (χ3v) is 27.1. The molecule has 0 radical (unpaired) electrons. The molecule has 15 heteroatoms. The van der Waals surface area contributed by atoms with E-state index in [-0.39, 0.29) is 50.7 Å². The number of benzene rings is 3. The van der Waals surface area contributed by atoms with Crippen LogP contribution >= 0.6 is 0 Å². The average Bonchev–Trinajstić information content (AvgIpc) is 3.42. The second-order valence-corrected chi connectivity index (χ2v) is 33.5. The highest BCUT2D eigenvalue weighted by atomic mass is 28.4. The number of aliphatic hydroxyl groups is 1. The van der Waals surface area contributed by atoms with Crippen LogP contribution in [0.15, 0.2) is 72.8 Å². The van der Waals surface area contributed by atoms with Crippen LogP contribution in [0.25, 0.3) is 0 Å². The van der Waals surface area contributed by atoms with Crippen molar-refractivity contribution in [2.45, 2.75) is 220 Å². The van der Waals surface area contributed by atoms with Crippen LogP contribution in [-0.2, 0) is 61.9 Å². The monoisotopic (exact) mass is 1110 g/mol. The number of unbranched alkanes of at least 4 members (excludes halogenated alkanes) is 1. The summed E-state index contributed by atoms with van der Waals surface area (Å²) in [6.07, 6.45) is -3.41. The van der Waals surface area contributed by atoms with Crippen LogP contribution in [0.4, 0.5) is 0 Å². The first-order valence-electron chi connectivity index (χ1n) is 28.6. The predicted octanol–water partition coefficient (Wildman–Crippen LogP) is 13.5. The zero-order valence-corrected chi connectivity index (χ0v) is 52.2. The molecule has 9 atom stereocenters. The zero-order chi connectivity index (χ0) is 57.1. The van der Waals surface area contributed by atoms with Gasteiger partial charge in [-0.25, -0.2) is 0 Å². The van der Waals surface area contributed by atoms with Gasteiger partial charge in [0.05, 0.1) is 84.2 Å². The summed E-state index contributed by atoms with van der Waals surface area (Å²) in [7, 11) is 0.278. The molecule has 0 bridgehead atoms. The molecule has 3 aromatic carbocycles. The smallest absolute Gasteiger partial charge is 0.311 e. The number of aliphatic hydroxyl groups excluding tert-OH is 1. The van der Waals surface area contributed by atoms with E-state index < -0.39 is 70.5 Å². The first-order chi connectivity index (χ1) is 36.5. The fourth-order valence-corrected chi connectivity index (χ4v) is 19.6. The Balaban J connectivity index is 1.80. The average molecular weight is 1110 g/mol. The van der Waals surface area contributed by atoms with E-state index in [0.717, 1.165) is 52.7 Å². The van der Waals surface area contributed by atoms with Crippen LogP contribution < -0.4 is 14.2 Å². The van der Waals surface area contributed by atoms with E-state index in [0.29, 0.717) is 41.8 Å². The van der Waals surface area contributed by atoms with Gasteiger partial charge in [-0.15, -0.1) is 0 Å². The second kappa shape index (κ2) is 31.4. The van der Waals surface area contributed by atoms with Crippen molar-refractivity contribution in [1.29, 1.82) is 0 Å². The van der Waals surface area contributed by atoms with E-state index in [2.05, 4.69) is 62.3 Å². The van der Waals surface area contributed by atoms with Gasteiger partial charge in [0.2, 0.25) is 0 Å². The first-order valence-corrected chi connectivity index (χ1v) is 33.3. The van der Waals surface area contributed by atoms with Crippen molar-refractivity contribution in [1.82, 2.24) is 0 Å². The number of hydrogen-bond donors (Lipinski definition) is 1. The van der Waals surface area contributed by atoms with Gasteiger partial charge in [0.1, 0.15) is 35.6 Å². The van der Waals surface area contributed by atoms with Gasteiger partial charge in [-0.2, -0.15) is 0 Å². The van der Waals surface area contributed by atoms with Crippen LogP contribution in [0, 0.1) is 17.3 Å². The summed E-state index contributed by atoms with van der Waals surface area (Å²) >= 11 is 0. The van der Waals surface area contributed by atoms with E-state index in [1.54, 1.807) is 21.3 Å². The summed E-state index contributed by atoms with van der Waals surface area (Å²) in [6, 6.07) is 26.0. The highest BCUT2D eigenvalue weighted by Gasteiger charge is 2.52. The van der Waals surface area contributed by atoms with E-state index in [1.165, 1.54) is 0 Å². The Labute approximate surface area is 466 Å². The lowest BCUT2D eigenvalue weighted by atomic mass is 9.82. The number of hydrogen-bond acceptors (Lipinski definition) is 13. The second-order valence-electron chi connectivity index (χ2n) is 23.3. The lowest BCUT2D eigenvalue weighted by molar-refractivity contribution is -0.256. The quantitative estimate of drug-likeness (QED) is 0.0344. The van der Waals surface area contributed by atoms with Crippen LogP contribution in [0.1, 0.15) is 139 Å². The van der Waals surface area contributed by atoms with Gasteiger partial charge in [0.15, 0.2) is 22.4 Å². The maximum Gasteiger partial charge on any atom is 0.311 e. The highest BCUT2D eigenvalue weighted by Crippen LogP contribution is 2.44. The molecular formula is C62H100O13Si2. The Kier molecular flexibility index (Phi) is 26.8. The van der Waals surface area contributed by atoms with Gasteiger partial charge in [-0.3, -0.25) is 9.59 Å². The molecular weight excluding hydrogens is 1010 g/mol. The molecule has 77 heavy (non-hydrogen) atoms. The lowest BCUT2D eigenvalue weighted by Gasteiger charge is -2.49. The molecule has 0 amide bonds. The fraction of sp³-hybridized carbons (Fsp3) is 0.677. The van der Waals surface area contributed by atoms with Gasteiger partial charge in [-0.1, -0.05) is 113 Å². The molecule has 4 rings (SSSR count). The number of carbonyl (C=O) groups excluding carboxylic acids is 2. The number of carbonyl (C=O) groups is 2. The third kappa shape index (κ3) is 18.4. The van der Waals surface area contributed by atoms with Gasteiger partial charge in [0, 0.05) is 18.3 Å². The zero-order valence-electron chi connectivity index (χ0n) is 50.2. The Morgan fingerprint density at radius 1 is 0.662 bits per heavy atom. The largest absolute Gasteiger partial charge is 0.497 e. The molecule has 3 aromatic rings. The number of Topliss-reactive ketones (excluding diaryl/α,β-unsaturated/α-hetero) is 1. The lowest BCUT2D eigenvalue weighted by Crippen LogP contribution is -2.62. The Morgan fingerprint density at radius 2 is 1.12 bits per heavy atom. The standard InChI is InChI=1S/C62H100O13Si2/c1-18-76(19-2,20-3)75-55(23-21-22-36-69-61(65)62(12,13)14)45(10)53(63)37-54(64)59(71-39-48-26-32-51(67-16)33-27-48)58-46(11)57(70-38-47-24-30-50(66-15)31-25-47)60(72-40-49-28-34-52(68-17)35-29-49)56(74-58)41-73-77(42(4)5,43(6)7)44(8)9/h24-35,42-46,53,55-60,63H,18-23,36-41H2,1-17H3/t45-,46-,53?,55-,56-,57-,58-,59-,60-/m1/s1. The molecule has 13 nitrogen and oxygen atoms in total. The van der Waals surface area contributed by atoms with Gasteiger partial charge >= 0.3 is 5.97 Å². The molecule has 0 aromatic heterocycles. The minimum Gasteiger partial charge on any atom is -0.497 e. The molecule has 1 fully saturated rings. The summed E-state index contributed by atoms with van der Waals surface area (Å²) in [4.78, 5) is 28.0. The van der Waals surface area contributed by atoms with Crippen molar-refractivity contribution in [2.75, 3.05) is 34.5 Å². The number of ether oxygens (including phenoxy) is 8. The van der Waals surface area contributed by atoms with Crippen molar-refractivity contribution in [3.8, 4) is 17.2 Å². The molecule has 1 aliphatic heterocycles. The molecule has 1 heterocycles. The predicted molar refractivity (Wildman–Crippen MR) is 311 cm³/mol. The van der Waals surface area contributed by atoms with Crippen LogP contribution in [0.2, 0.25) is 34.8 Å². The Morgan fingerprint density at radius 3 is 1.55 bits per heavy atom. The molecule has 0 aliphatic carbocycles. The molecule has 434 valence electrons. The number of rotatable bonds is 34. The molecule has 1 unspecified atom stereocenters. The van der Waals surface area contributed by atoms with Crippen LogP contribution in [0.5, 0.6) is 17.2 Å². The topological polar surface area (TPSA) is 147 Å². The molecule has 1 saturated heterocycles. The van der Waals surface area contributed by atoms with E-state index >= 15 is 4.79 Å². The normalized spacial score (nSPS) is 20.0. The van der Waals surface area contributed by atoms with E-state index in [1.807, 2.05) is 107 Å². The summed E-state index contributed by atoms with van der Waals surface area (Å²) in [5, 5.41) is 12.4. The van der Waals surface area contributed by atoms with Crippen LogP contribution in [0.3, 0.4) is 0 Å². The molecule has 0 saturated carbocycles. The van der Waals surface area contributed by atoms with E-state index in [9.17, 15) is 9.90 Å². The van der Waals surface area contributed by atoms with E-state index in [4.69, 9.17) is 46.7 Å². The number of esters is 1. The maximum absolute atomic E-state index is 15.4. The fourth-order valence-electron chi connectivity index (χ4n) is 11.2. The summed E-state index contributed by atoms with van der Waals surface area (Å²) in [5.41, 5.74) is 3.04. The van der Waals surface area contributed by atoms with Crippen molar-refractivity contribution < 1.29 is 61.4 Å². The highest BCUT2D eigenvalue weighted by molar-refractivity contribution is 6.77. The SMILES string of the molecule is CC[Si](CC)(CC)O[C@H](CCCCOC(=O)C(C)(C)C)[C@H](C)C(O)CC(=O)[C@@H](OCc1ccc(OC)cc1)[C@@H]1O[C@H](CO[Si](C(C)C)(C(C)C)C(C)C)[C@@H](OCc2ccc(OC)cc2)[C@H](OCc2ccc(OC)cc2)[C@H]1C. The number of ketones is 1. The molecule has 0 spiro atoms. The molecule has 1 aliphatic rings. The summed E-state index contributed by atoms with van der Waals surface area (Å²) in [6.45, 7) is 30.9. The van der Waals surface area contributed by atoms with Crippen LogP contribution in [-0.4, -0.2) is 111 Å². The third-order valence-electron chi connectivity index (χ3n) is 16.3. The van der Waals surface area contributed by atoms with Gasteiger partial charge in [0.25, 0.3) is 0 Å². The molecule has 1 N–H and O–H groups in total. The number of methoxy groups -OCH3 is 3. The minimum atomic E-state index is -2.47. The van der Waals surface area contributed by atoms with Crippen molar-refractivity contribution in [2.24, 2.45) is 17.3 Å². The Bertz CT molecular complexity index is 2130. The van der Waals surface area contributed by atoms with Crippen molar-refractivity contribution >= 4 is 28.4 Å². The van der Waals surface area contributed by atoms with Gasteiger partial charge in [-0.05, 0) is 128 Å². The van der Waals surface area contributed by atoms with Crippen molar-refractivity contribution in [3.63, 3.8) is 0 Å². The maximum atomic E-state index is 15.4. The Hall–Kier alpha value is -3.65. The van der Waals surface area contributed by atoms with Gasteiger partial charge < -0.3 is 51.9 Å². The summed E-state index contributed by atoms with van der Waals surface area (Å²) < 4.78 is 64.9. The minimum absolute atomic E-state index is 0.0990. The summed E-state index contributed by atoms with van der Waals surface area (Å²) in [5.74, 6) is 0.815. The van der Waals surface area contributed by atoms with Crippen molar-refractivity contribution in [3.05, 3.63) is 89.5 Å².